The van der Waals surface area contributed by atoms with Gasteiger partial charge in [0.05, 0.1) is 23.5 Å². The lowest BCUT2D eigenvalue weighted by Gasteiger charge is -2.18. The van der Waals surface area contributed by atoms with E-state index in [0.29, 0.717) is 12.8 Å². The number of sulfone groups is 1. The summed E-state index contributed by atoms with van der Waals surface area (Å²) in [6.45, 7) is 1.92. The van der Waals surface area contributed by atoms with E-state index >= 15 is 0 Å². The lowest BCUT2D eigenvalue weighted by molar-refractivity contribution is -0.125. The van der Waals surface area contributed by atoms with Gasteiger partial charge in [-0.1, -0.05) is 0 Å². The van der Waals surface area contributed by atoms with E-state index in [2.05, 4.69) is 15.7 Å². The van der Waals surface area contributed by atoms with Gasteiger partial charge in [0.25, 0.3) is 0 Å². The van der Waals surface area contributed by atoms with Crippen molar-refractivity contribution in [3.05, 3.63) is 38.5 Å². The van der Waals surface area contributed by atoms with Crippen LogP contribution in [-0.2, 0) is 21.1 Å². The van der Waals surface area contributed by atoms with Crippen molar-refractivity contribution in [3.63, 3.8) is 0 Å². The first-order valence-corrected chi connectivity index (χ1v) is 11.0. The van der Waals surface area contributed by atoms with Crippen molar-refractivity contribution in [2.45, 2.75) is 25.8 Å². The van der Waals surface area contributed by atoms with Gasteiger partial charge in [-0.15, -0.1) is 11.3 Å². The Morgan fingerprint density at radius 1 is 1.48 bits per heavy atom. The quantitative estimate of drug-likeness (QED) is 0.876. The molecule has 1 saturated heterocycles. The average molecular weight is 371 g/mol. The topological polar surface area (TPSA) is 76.1 Å². The molecule has 3 heterocycles. The lowest BCUT2D eigenvalue weighted by Crippen LogP contribution is -2.35. The fraction of sp³-hybridized carbons (Fsp3) is 0.467. The van der Waals surface area contributed by atoms with Crippen molar-refractivity contribution in [1.29, 1.82) is 0 Å². The molecule has 124 valence electrons. The summed E-state index contributed by atoms with van der Waals surface area (Å²) >= 11 is 3.14. The van der Waals surface area contributed by atoms with Crippen LogP contribution >= 0.6 is 22.7 Å². The molecule has 5 nitrogen and oxygen atoms in total. The van der Waals surface area contributed by atoms with E-state index in [1.807, 2.05) is 23.8 Å². The highest BCUT2D eigenvalue weighted by Gasteiger charge is 2.34. The molecule has 1 amide bonds. The van der Waals surface area contributed by atoms with Gasteiger partial charge in [0.1, 0.15) is 5.01 Å². The molecule has 0 bridgehead atoms. The van der Waals surface area contributed by atoms with Gasteiger partial charge in [0.15, 0.2) is 9.84 Å². The first-order valence-electron chi connectivity index (χ1n) is 7.37. The average Bonchev–Trinajstić information content (AvgIpc) is 3.19. The Morgan fingerprint density at radius 2 is 2.30 bits per heavy atom. The van der Waals surface area contributed by atoms with Gasteiger partial charge in [0.2, 0.25) is 5.91 Å². The molecular formula is C15H18N2O3S3. The Morgan fingerprint density at radius 3 is 2.87 bits per heavy atom. The van der Waals surface area contributed by atoms with E-state index in [1.165, 1.54) is 11.3 Å². The van der Waals surface area contributed by atoms with E-state index in [4.69, 9.17) is 0 Å². The Hall–Kier alpha value is -1.25. The SMILES string of the molecule is Cc1csc([C@@H](Cc2ccsc2)NC(=O)[C@@H]2CCS(=O)(=O)C2)n1. The standard InChI is InChI=1S/C15H18N2O3S3/c1-10-7-22-15(16-10)13(6-11-2-4-21-8-11)17-14(18)12-3-5-23(19,20)9-12/h2,4,7-8,12-13H,3,5-6,9H2,1H3,(H,17,18)/t12-,13-/m1/s1. The van der Waals surface area contributed by atoms with Crippen LogP contribution in [0, 0.1) is 12.8 Å². The molecule has 1 N–H and O–H groups in total. The van der Waals surface area contributed by atoms with Gasteiger partial charge in [-0.05, 0) is 35.7 Å². The van der Waals surface area contributed by atoms with Crippen LogP contribution in [0.5, 0.6) is 0 Å². The maximum absolute atomic E-state index is 12.5. The second-order valence-corrected chi connectivity index (χ2v) is 9.72. The van der Waals surface area contributed by atoms with E-state index < -0.39 is 15.8 Å². The molecule has 0 radical (unpaired) electrons. The molecule has 0 unspecified atom stereocenters. The minimum atomic E-state index is -3.06. The van der Waals surface area contributed by atoms with Gasteiger partial charge in [0, 0.05) is 17.5 Å². The van der Waals surface area contributed by atoms with Crippen molar-refractivity contribution in [1.82, 2.24) is 10.3 Å². The fourth-order valence-electron chi connectivity index (χ4n) is 2.67. The highest BCUT2D eigenvalue weighted by Crippen LogP contribution is 2.25. The largest absolute Gasteiger partial charge is 0.346 e. The smallest absolute Gasteiger partial charge is 0.224 e. The number of carbonyl (C=O) groups is 1. The van der Waals surface area contributed by atoms with Crippen molar-refractivity contribution < 1.29 is 13.2 Å². The van der Waals surface area contributed by atoms with Crippen LogP contribution in [0.1, 0.15) is 28.7 Å². The van der Waals surface area contributed by atoms with Gasteiger partial charge in [-0.2, -0.15) is 11.3 Å². The number of carbonyl (C=O) groups excluding carboxylic acids is 1. The maximum atomic E-state index is 12.5. The molecule has 23 heavy (non-hydrogen) atoms. The molecule has 0 spiro atoms. The van der Waals surface area contributed by atoms with E-state index in [0.717, 1.165) is 16.3 Å². The van der Waals surface area contributed by atoms with E-state index in [1.54, 1.807) is 11.3 Å². The number of thiophene rings is 1. The second kappa shape index (κ2) is 6.70. The van der Waals surface area contributed by atoms with Crippen LogP contribution in [-0.4, -0.2) is 30.8 Å². The summed E-state index contributed by atoms with van der Waals surface area (Å²) in [5, 5.41) is 9.90. The van der Waals surface area contributed by atoms with Crippen LogP contribution in [0.4, 0.5) is 0 Å². The zero-order valence-electron chi connectivity index (χ0n) is 12.7. The molecule has 0 aliphatic carbocycles. The first-order chi connectivity index (χ1) is 10.9. The van der Waals surface area contributed by atoms with Gasteiger partial charge >= 0.3 is 0 Å². The third-order valence-corrected chi connectivity index (χ3v) is 7.45. The normalized spacial score (nSPS) is 21.2. The summed E-state index contributed by atoms with van der Waals surface area (Å²) in [5.41, 5.74) is 2.07. The predicted octanol–water partition coefficient (Wildman–Crippen LogP) is 2.35. The zero-order chi connectivity index (χ0) is 16.4. The van der Waals surface area contributed by atoms with Crippen molar-refractivity contribution >= 4 is 38.4 Å². The summed E-state index contributed by atoms with van der Waals surface area (Å²) in [4.78, 5) is 16.9. The number of aryl methyl sites for hydroxylation is 1. The van der Waals surface area contributed by atoms with Gasteiger partial charge in [-0.25, -0.2) is 13.4 Å². The molecule has 1 aliphatic rings. The number of rotatable bonds is 5. The van der Waals surface area contributed by atoms with Gasteiger partial charge in [-0.3, -0.25) is 4.79 Å². The van der Waals surface area contributed by atoms with Crippen LogP contribution in [0.15, 0.2) is 22.2 Å². The molecule has 8 heteroatoms. The summed E-state index contributed by atoms with van der Waals surface area (Å²) in [7, 11) is -3.06. The molecular weight excluding hydrogens is 352 g/mol. The highest BCUT2D eigenvalue weighted by molar-refractivity contribution is 7.91. The molecule has 2 aromatic heterocycles. The Bertz CT molecular complexity index is 781. The second-order valence-electron chi connectivity index (χ2n) is 5.82. The van der Waals surface area contributed by atoms with Crippen LogP contribution < -0.4 is 5.32 Å². The number of hydrogen-bond acceptors (Lipinski definition) is 6. The molecule has 0 aromatic carbocycles. The maximum Gasteiger partial charge on any atom is 0.224 e. The van der Waals surface area contributed by atoms with Crippen molar-refractivity contribution in [2.75, 3.05) is 11.5 Å². The summed E-state index contributed by atoms with van der Waals surface area (Å²) < 4.78 is 23.1. The van der Waals surface area contributed by atoms with Crippen molar-refractivity contribution in [3.8, 4) is 0 Å². The third-order valence-electron chi connectivity index (χ3n) is 3.87. The van der Waals surface area contributed by atoms with Crippen LogP contribution in [0.25, 0.3) is 0 Å². The Balaban J connectivity index is 1.74. The Kier molecular flexibility index (Phi) is 4.84. The number of aromatic nitrogens is 1. The van der Waals surface area contributed by atoms with E-state index in [-0.39, 0.29) is 23.5 Å². The fourth-order valence-corrected chi connectivity index (χ4v) is 5.94. The van der Waals surface area contributed by atoms with Crippen LogP contribution in [0.3, 0.4) is 0 Å². The minimum absolute atomic E-state index is 0.0408. The number of nitrogens with one attached hydrogen (secondary N) is 1. The molecule has 2 aromatic rings. The lowest BCUT2D eigenvalue weighted by atomic mass is 10.1. The molecule has 0 saturated carbocycles. The number of thiazole rings is 1. The number of amides is 1. The molecule has 1 fully saturated rings. The summed E-state index contributed by atoms with van der Waals surface area (Å²) in [5.74, 6) is -0.553. The summed E-state index contributed by atoms with van der Waals surface area (Å²) in [6, 6.07) is 1.82. The van der Waals surface area contributed by atoms with Crippen molar-refractivity contribution in [2.24, 2.45) is 5.92 Å². The Labute approximate surface area is 143 Å². The van der Waals surface area contributed by atoms with Gasteiger partial charge < -0.3 is 5.32 Å². The van der Waals surface area contributed by atoms with E-state index in [9.17, 15) is 13.2 Å². The third kappa shape index (κ3) is 4.19. The number of hydrogen-bond donors (Lipinski definition) is 1. The molecule has 1 aliphatic heterocycles. The monoisotopic (exact) mass is 370 g/mol. The molecule has 3 rings (SSSR count). The zero-order valence-corrected chi connectivity index (χ0v) is 15.1. The number of nitrogens with zero attached hydrogens (tertiary/aromatic N) is 1. The summed E-state index contributed by atoms with van der Waals surface area (Å²) in [6.07, 6.45) is 1.08. The predicted molar refractivity (Wildman–Crippen MR) is 92.5 cm³/mol. The molecule has 2 atom stereocenters. The highest BCUT2D eigenvalue weighted by atomic mass is 32.2. The minimum Gasteiger partial charge on any atom is -0.346 e. The first kappa shape index (κ1) is 16.6. The van der Waals surface area contributed by atoms with Crippen LogP contribution in [0.2, 0.25) is 0 Å².